The summed E-state index contributed by atoms with van der Waals surface area (Å²) in [5, 5.41) is 15.2. The molecule has 2 heterocycles. The van der Waals surface area contributed by atoms with Gasteiger partial charge in [0.2, 0.25) is 0 Å². The molecule has 0 spiro atoms. The minimum absolute atomic E-state index is 0.186. The van der Waals surface area contributed by atoms with Crippen LogP contribution in [0.25, 0.3) is 5.69 Å². The van der Waals surface area contributed by atoms with Crippen molar-refractivity contribution >= 4 is 17.7 Å². The molecule has 0 radical (unpaired) electrons. The fourth-order valence-corrected chi connectivity index (χ4v) is 3.90. The number of nitrogens with one attached hydrogen (secondary N) is 1. The number of likely N-dealkylation sites (tertiary alicyclic amines) is 1. The van der Waals surface area contributed by atoms with Gasteiger partial charge in [0.15, 0.2) is 5.69 Å². The van der Waals surface area contributed by atoms with Gasteiger partial charge in [-0.1, -0.05) is 30.3 Å². The molecular formula is C23H21F3N4O3. The van der Waals surface area contributed by atoms with Gasteiger partial charge in [-0.15, -0.1) is 0 Å². The molecule has 33 heavy (non-hydrogen) atoms. The van der Waals surface area contributed by atoms with E-state index >= 15 is 0 Å². The van der Waals surface area contributed by atoms with E-state index in [0.717, 1.165) is 16.4 Å². The summed E-state index contributed by atoms with van der Waals surface area (Å²) in [7, 11) is 0. The topological polar surface area (TPSA) is 87.5 Å². The summed E-state index contributed by atoms with van der Waals surface area (Å²) in [6.07, 6.45) is -3.28. The van der Waals surface area contributed by atoms with Crippen LogP contribution in [-0.4, -0.2) is 44.9 Å². The summed E-state index contributed by atoms with van der Waals surface area (Å²) in [4.78, 5) is 25.1. The molecule has 3 aromatic rings. The van der Waals surface area contributed by atoms with Crippen LogP contribution in [0.2, 0.25) is 0 Å². The number of para-hydroxylation sites is 1. The Kier molecular flexibility index (Phi) is 6.08. The molecule has 1 aliphatic heterocycles. The van der Waals surface area contributed by atoms with Crippen molar-refractivity contribution in [3.63, 3.8) is 0 Å². The summed E-state index contributed by atoms with van der Waals surface area (Å²) in [6.45, 7) is 0.897. The highest BCUT2D eigenvalue weighted by Crippen LogP contribution is 2.32. The molecule has 0 aliphatic carbocycles. The van der Waals surface area contributed by atoms with E-state index in [-0.39, 0.29) is 5.92 Å². The van der Waals surface area contributed by atoms with Crippen molar-refractivity contribution in [2.75, 3.05) is 18.4 Å². The van der Waals surface area contributed by atoms with Crippen LogP contribution in [0.5, 0.6) is 0 Å². The van der Waals surface area contributed by atoms with Gasteiger partial charge in [-0.05, 0) is 48.6 Å². The first-order valence-corrected chi connectivity index (χ1v) is 10.3. The first kappa shape index (κ1) is 22.4. The normalized spacial score (nSPS) is 14.8. The Morgan fingerprint density at radius 3 is 2.21 bits per heavy atom. The number of hydrogen-bond donors (Lipinski definition) is 2. The number of alkyl halides is 3. The lowest BCUT2D eigenvalue weighted by Gasteiger charge is -2.30. The number of aromatic nitrogens is 2. The van der Waals surface area contributed by atoms with E-state index < -0.39 is 29.4 Å². The van der Waals surface area contributed by atoms with Crippen molar-refractivity contribution in [3.05, 3.63) is 77.6 Å². The molecule has 1 fully saturated rings. The number of carbonyl (C=O) groups excluding carboxylic acids is 1. The molecule has 1 saturated heterocycles. The average molecular weight is 458 g/mol. The van der Waals surface area contributed by atoms with E-state index in [1.165, 1.54) is 4.90 Å². The zero-order valence-electron chi connectivity index (χ0n) is 17.4. The monoisotopic (exact) mass is 458 g/mol. The van der Waals surface area contributed by atoms with Crippen molar-refractivity contribution in [3.8, 4) is 5.69 Å². The van der Waals surface area contributed by atoms with Crippen molar-refractivity contribution in [2.45, 2.75) is 24.9 Å². The Morgan fingerprint density at radius 1 is 1.00 bits per heavy atom. The van der Waals surface area contributed by atoms with Gasteiger partial charge >= 0.3 is 12.3 Å². The van der Waals surface area contributed by atoms with Gasteiger partial charge in [0.05, 0.1) is 11.3 Å². The second kappa shape index (κ2) is 8.97. The minimum atomic E-state index is -4.79. The largest absolute Gasteiger partial charge is 0.465 e. The number of nitrogens with zero attached hydrogens (tertiary/aromatic N) is 3. The number of halogens is 3. The second-order valence-corrected chi connectivity index (χ2v) is 7.79. The number of rotatable bonds is 4. The van der Waals surface area contributed by atoms with E-state index in [0.29, 0.717) is 37.3 Å². The Balaban J connectivity index is 1.49. The van der Waals surface area contributed by atoms with Gasteiger partial charge in [-0.2, -0.15) is 18.3 Å². The fourth-order valence-electron chi connectivity index (χ4n) is 3.90. The minimum Gasteiger partial charge on any atom is -0.465 e. The van der Waals surface area contributed by atoms with Gasteiger partial charge in [0.25, 0.3) is 5.91 Å². The maximum atomic E-state index is 13.5. The molecule has 7 nitrogen and oxygen atoms in total. The van der Waals surface area contributed by atoms with Gasteiger partial charge in [-0.3, -0.25) is 4.79 Å². The van der Waals surface area contributed by atoms with Crippen LogP contribution in [0.1, 0.15) is 40.4 Å². The third-order valence-corrected chi connectivity index (χ3v) is 5.65. The van der Waals surface area contributed by atoms with Crippen molar-refractivity contribution in [1.82, 2.24) is 14.7 Å². The van der Waals surface area contributed by atoms with Crippen LogP contribution in [0.15, 0.2) is 60.8 Å². The molecular weight excluding hydrogens is 437 g/mol. The molecule has 2 amide bonds. The van der Waals surface area contributed by atoms with E-state index in [1.807, 2.05) is 0 Å². The molecule has 1 aromatic heterocycles. The molecule has 0 saturated carbocycles. The molecule has 1 aliphatic rings. The molecule has 0 atom stereocenters. The molecule has 0 unspecified atom stereocenters. The number of hydrogen-bond acceptors (Lipinski definition) is 3. The maximum Gasteiger partial charge on any atom is 0.435 e. The number of benzene rings is 2. The van der Waals surface area contributed by atoms with E-state index in [1.54, 1.807) is 54.6 Å². The summed E-state index contributed by atoms with van der Waals surface area (Å²) >= 11 is 0. The predicted molar refractivity (Wildman–Crippen MR) is 115 cm³/mol. The lowest BCUT2D eigenvalue weighted by molar-refractivity contribution is -0.141. The first-order valence-electron chi connectivity index (χ1n) is 10.3. The van der Waals surface area contributed by atoms with E-state index in [9.17, 15) is 22.8 Å². The summed E-state index contributed by atoms with van der Waals surface area (Å²) < 4.78 is 41.6. The van der Waals surface area contributed by atoms with Gasteiger partial charge in [0, 0.05) is 25.0 Å². The SMILES string of the molecule is O=C(Nc1ccc(C2CCN(C(=O)O)CC2)cc1)c1cn(-c2ccccc2)nc1C(F)(F)F. The van der Waals surface area contributed by atoms with Crippen LogP contribution < -0.4 is 5.32 Å². The lowest BCUT2D eigenvalue weighted by atomic mass is 9.89. The Bertz CT molecular complexity index is 1140. The zero-order valence-corrected chi connectivity index (χ0v) is 17.4. The van der Waals surface area contributed by atoms with E-state index in [2.05, 4.69) is 10.4 Å². The van der Waals surface area contributed by atoms with Crippen LogP contribution >= 0.6 is 0 Å². The first-order chi connectivity index (χ1) is 15.7. The second-order valence-electron chi connectivity index (χ2n) is 7.79. The van der Waals surface area contributed by atoms with Crippen molar-refractivity contribution < 1.29 is 27.9 Å². The number of anilines is 1. The highest BCUT2D eigenvalue weighted by atomic mass is 19.4. The molecule has 4 rings (SSSR count). The van der Waals surface area contributed by atoms with Crippen LogP contribution in [0.4, 0.5) is 23.7 Å². The quantitative estimate of drug-likeness (QED) is 0.576. The Hall–Kier alpha value is -3.82. The molecule has 2 N–H and O–H groups in total. The molecule has 10 heteroatoms. The number of piperidine rings is 1. The smallest absolute Gasteiger partial charge is 0.435 e. The Morgan fingerprint density at radius 2 is 1.64 bits per heavy atom. The van der Waals surface area contributed by atoms with Crippen LogP contribution in [0, 0.1) is 0 Å². The Labute approximate surface area is 187 Å². The summed E-state index contributed by atoms with van der Waals surface area (Å²) in [5.41, 5.74) is -0.0827. The number of carboxylic acid groups (broad SMARTS) is 1. The molecule has 2 aromatic carbocycles. The molecule has 172 valence electrons. The standard InChI is InChI=1S/C23H21F3N4O3/c24-23(25,26)20-19(14-30(28-20)18-4-2-1-3-5-18)21(31)27-17-8-6-15(7-9-17)16-10-12-29(13-11-16)22(32)33/h1-9,14,16H,10-13H2,(H,27,31)(H,32,33). The highest BCUT2D eigenvalue weighted by Gasteiger charge is 2.39. The van der Waals surface area contributed by atoms with E-state index in [4.69, 9.17) is 5.11 Å². The highest BCUT2D eigenvalue weighted by molar-refractivity contribution is 6.05. The van der Waals surface area contributed by atoms with Gasteiger partial charge in [-0.25, -0.2) is 9.48 Å². The third-order valence-electron chi connectivity index (χ3n) is 5.65. The third kappa shape index (κ3) is 5.00. The van der Waals surface area contributed by atoms with Crippen LogP contribution in [0.3, 0.4) is 0 Å². The van der Waals surface area contributed by atoms with Crippen molar-refractivity contribution in [1.29, 1.82) is 0 Å². The summed E-state index contributed by atoms with van der Waals surface area (Å²) in [5.74, 6) is -0.724. The van der Waals surface area contributed by atoms with Crippen molar-refractivity contribution in [2.24, 2.45) is 0 Å². The maximum absolute atomic E-state index is 13.5. The predicted octanol–water partition coefficient (Wildman–Crippen LogP) is 5.00. The zero-order chi connectivity index (χ0) is 23.6. The number of carbonyl (C=O) groups is 2. The fraction of sp³-hybridized carbons (Fsp3) is 0.261. The van der Waals surface area contributed by atoms with Gasteiger partial charge < -0.3 is 15.3 Å². The lowest BCUT2D eigenvalue weighted by Crippen LogP contribution is -2.36. The number of amides is 2. The van der Waals surface area contributed by atoms with Crippen LogP contribution in [-0.2, 0) is 6.18 Å². The molecule has 0 bridgehead atoms. The average Bonchev–Trinajstić information content (AvgIpc) is 3.27. The van der Waals surface area contributed by atoms with Gasteiger partial charge in [0.1, 0.15) is 0 Å². The summed E-state index contributed by atoms with van der Waals surface area (Å²) in [6, 6.07) is 15.1.